The number of hydrogen-bond donors (Lipinski definition) is 2. The predicted octanol–water partition coefficient (Wildman–Crippen LogP) is 7.59. The van der Waals surface area contributed by atoms with Crippen LogP contribution in [0.1, 0.15) is 78.9 Å². The van der Waals surface area contributed by atoms with Gasteiger partial charge in [0, 0.05) is 36.2 Å². The summed E-state index contributed by atoms with van der Waals surface area (Å²) in [6.45, 7) is 16.8. The number of fused-ring (bicyclic) bond motifs is 1. The summed E-state index contributed by atoms with van der Waals surface area (Å²) in [6, 6.07) is 18.5. The highest BCUT2D eigenvalue weighted by atomic mass is 16.6. The number of ether oxygens (including phenoxy) is 5. The van der Waals surface area contributed by atoms with E-state index in [1.165, 1.54) is 19.1 Å². The highest BCUT2D eigenvalue weighted by molar-refractivity contribution is 6.06. The second-order valence-electron chi connectivity index (χ2n) is 15.6. The van der Waals surface area contributed by atoms with Crippen molar-refractivity contribution in [2.45, 2.75) is 85.4 Å². The van der Waals surface area contributed by atoms with Crippen LogP contribution in [0.15, 0.2) is 90.0 Å². The molecule has 13 nitrogen and oxygen atoms in total. The molecular weight excluding hydrogens is 765 g/mol. The van der Waals surface area contributed by atoms with Crippen LogP contribution in [0.5, 0.6) is 17.2 Å². The van der Waals surface area contributed by atoms with Crippen molar-refractivity contribution in [1.82, 2.24) is 10.6 Å². The van der Waals surface area contributed by atoms with E-state index < -0.39 is 47.3 Å². The third-order valence-electron chi connectivity index (χ3n) is 9.90. The van der Waals surface area contributed by atoms with Crippen molar-refractivity contribution in [2.75, 3.05) is 39.4 Å². The van der Waals surface area contributed by atoms with Crippen LogP contribution in [-0.2, 0) is 28.7 Å². The smallest absolute Gasteiger partial charge is 0.329 e. The number of nitrogens with zero attached hydrogens (tertiary/aromatic N) is 2. The average molecular weight is 825 g/mol. The number of hydrogen-bond acceptors (Lipinski definition) is 10. The van der Waals surface area contributed by atoms with Gasteiger partial charge < -0.3 is 39.2 Å². The molecule has 0 aliphatic carbocycles. The lowest BCUT2D eigenvalue weighted by atomic mass is 9.93. The molecule has 1 aliphatic heterocycles. The topological polar surface area (TPSA) is 154 Å². The van der Waals surface area contributed by atoms with Crippen molar-refractivity contribution in [2.24, 2.45) is 16.8 Å². The van der Waals surface area contributed by atoms with Crippen molar-refractivity contribution < 1.29 is 42.9 Å². The molecule has 3 aromatic rings. The Hall–Kier alpha value is -6.11. The molecule has 13 heteroatoms. The summed E-state index contributed by atoms with van der Waals surface area (Å²) in [7, 11) is 4.62. The Kier molecular flexibility index (Phi) is 16.5. The molecule has 322 valence electrons. The molecule has 2 unspecified atom stereocenters. The van der Waals surface area contributed by atoms with Crippen LogP contribution in [0.25, 0.3) is 5.76 Å². The molecule has 4 rings (SSSR count). The first kappa shape index (κ1) is 46.6. The average Bonchev–Trinajstić information content (AvgIpc) is 3.41. The second-order valence-corrected chi connectivity index (χ2v) is 15.6. The summed E-state index contributed by atoms with van der Waals surface area (Å²) >= 11 is 0. The number of rotatable bonds is 19. The van der Waals surface area contributed by atoms with E-state index in [1.807, 2.05) is 75.4 Å². The molecule has 1 heterocycles. The maximum atomic E-state index is 14.3. The molecule has 1 aliphatic rings. The third kappa shape index (κ3) is 12.0. The SMILES string of the molecule is C=C(C(=O)NC(C(=O)N(CC)c1cc(OC)ccc1OC)C(C)C)C(CCOC1=CCC(c2ccccc2)=Nc2cc(OC)ccc21)C(=O)N[C@@H](CC)C(=O)OC(C)(C)C. The molecule has 60 heavy (non-hydrogen) atoms. The zero-order chi connectivity index (χ0) is 44.1. The van der Waals surface area contributed by atoms with E-state index in [0.29, 0.717) is 40.8 Å². The maximum absolute atomic E-state index is 14.3. The quantitative estimate of drug-likeness (QED) is 0.0920. The van der Waals surface area contributed by atoms with E-state index >= 15 is 0 Å². The molecule has 0 fully saturated rings. The Morgan fingerprint density at radius 3 is 2.15 bits per heavy atom. The fourth-order valence-electron chi connectivity index (χ4n) is 6.63. The van der Waals surface area contributed by atoms with Gasteiger partial charge in [-0.3, -0.25) is 19.4 Å². The van der Waals surface area contributed by atoms with Crippen LogP contribution < -0.4 is 29.7 Å². The standard InChI is InChI=1S/C47H60N4O9/c1-12-36(46(55)60-47(6,7)8)49-44(53)34(25-26-59-40-24-22-37(31-17-15-14-16-18-31)48-38-27-32(56-9)19-21-35(38)40)30(5)43(52)50-42(29(3)4)45(54)51(13-2)39-28-33(57-10)20-23-41(39)58-11/h14-21,23-24,27-29,34,36,42H,5,12-13,22,25-26H2,1-4,6-11H3,(H,49,53)(H,50,52)/t34?,36-,42?/m0/s1. The van der Waals surface area contributed by atoms with Crippen molar-refractivity contribution >= 4 is 46.5 Å². The van der Waals surface area contributed by atoms with Crippen molar-refractivity contribution in [3.8, 4) is 17.2 Å². The van der Waals surface area contributed by atoms with Gasteiger partial charge in [-0.15, -0.1) is 0 Å². The van der Waals surface area contributed by atoms with Gasteiger partial charge in [0.2, 0.25) is 17.7 Å². The minimum atomic E-state index is -1.16. The van der Waals surface area contributed by atoms with Gasteiger partial charge in [-0.25, -0.2) is 4.79 Å². The third-order valence-corrected chi connectivity index (χ3v) is 9.90. The zero-order valence-corrected chi connectivity index (χ0v) is 36.5. The molecule has 3 amide bonds. The lowest BCUT2D eigenvalue weighted by molar-refractivity contribution is -0.159. The number of likely N-dealkylation sites (N-methyl/N-ethyl adjacent to an activating group) is 1. The molecule has 0 saturated heterocycles. The number of carbonyl (C=O) groups is 4. The molecular formula is C47H60N4O9. The normalized spacial score (nSPS) is 13.8. The second kappa shape index (κ2) is 21.2. The van der Waals surface area contributed by atoms with Gasteiger partial charge in [0.05, 0.1) is 50.9 Å². The van der Waals surface area contributed by atoms with Crippen molar-refractivity contribution in [1.29, 1.82) is 0 Å². The number of anilines is 1. The Labute approximate surface area is 354 Å². The molecule has 0 spiro atoms. The van der Waals surface area contributed by atoms with Gasteiger partial charge in [-0.1, -0.05) is 57.7 Å². The van der Waals surface area contributed by atoms with Crippen LogP contribution in [0.3, 0.4) is 0 Å². The number of allylic oxidation sites excluding steroid dienone is 1. The first-order valence-electron chi connectivity index (χ1n) is 20.3. The number of aliphatic imine (C=N–C) groups is 1. The van der Waals surface area contributed by atoms with Crippen LogP contribution in [0.2, 0.25) is 0 Å². The van der Waals surface area contributed by atoms with E-state index in [9.17, 15) is 19.2 Å². The predicted molar refractivity (Wildman–Crippen MR) is 234 cm³/mol. The van der Waals surface area contributed by atoms with Crippen LogP contribution >= 0.6 is 0 Å². The number of amides is 3. The number of esters is 1. The zero-order valence-electron chi connectivity index (χ0n) is 36.5. The number of benzene rings is 3. The lowest BCUT2D eigenvalue weighted by Gasteiger charge is -2.31. The van der Waals surface area contributed by atoms with Gasteiger partial charge in [0.15, 0.2) is 0 Å². The van der Waals surface area contributed by atoms with E-state index in [-0.39, 0.29) is 37.5 Å². The van der Waals surface area contributed by atoms with E-state index in [2.05, 4.69) is 17.2 Å². The molecule has 3 atom stereocenters. The van der Waals surface area contributed by atoms with E-state index in [0.717, 1.165) is 16.8 Å². The molecule has 3 aromatic carbocycles. The van der Waals surface area contributed by atoms with Gasteiger partial charge in [-0.2, -0.15) is 0 Å². The minimum absolute atomic E-state index is 0.000449. The minimum Gasteiger partial charge on any atom is -0.497 e. The van der Waals surface area contributed by atoms with Crippen LogP contribution in [-0.4, -0.2) is 81.6 Å². The van der Waals surface area contributed by atoms with Crippen molar-refractivity contribution in [3.05, 3.63) is 96.1 Å². The summed E-state index contributed by atoms with van der Waals surface area (Å²) < 4.78 is 28.5. The van der Waals surface area contributed by atoms with Gasteiger partial charge in [0.25, 0.3) is 0 Å². The first-order chi connectivity index (χ1) is 28.5. The van der Waals surface area contributed by atoms with Crippen molar-refractivity contribution in [3.63, 3.8) is 0 Å². The van der Waals surface area contributed by atoms with E-state index in [1.54, 1.807) is 53.0 Å². The highest BCUT2D eigenvalue weighted by Crippen LogP contribution is 2.36. The summed E-state index contributed by atoms with van der Waals surface area (Å²) in [5.74, 6) is -1.71. The fourth-order valence-corrected chi connectivity index (χ4v) is 6.63. The number of methoxy groups -OCH3 is 3. The fraction of sp³-hybridized carbons (Fsp3) is 0.426. The molecule has 2 N–H and O–H groups in total. The molecule has 0 bridgehead atoms. The highest BCUT2D eigenvalue weighted by Gasteiger charge is 2.35. The number of carbonyl (C=O) groups excluding carboxylic acids is 4. The monoisotopic (exact) mass is 824 g/mol. The molecule has 0 aromatic heterocycles. The molecule has 0 radical (unpaired) electrons. The van der Waals surface area contributed by atoms with Gasteiger partial charge >= 0.3 is 5.97 Å². The largest absolute Gasteiger partial charge is 0.497 e. The number of nitrogens with one attached hydrogen (secondary N) is 2. The first-order valence-corrected chi connectivity index (χ1v) is 20.3. The summed E-state index contributed by atoms with van der Waals surface area (Å²) in [5.41, 5.74) is 2.74. The van der Waals surface area contributed by atoms with Gasteiger partial charge in [0.1, 0.15) is 40.7 Å². The summed E-state index contributed by atoms with van der Waals surface area (Å²) in [6.07, 6.45) is 2.64. The Morgan fingerprint density at radius 2 is 1.55 bits per heavy atom. The van der Waals surface area contributed by atoms with Crippen LogP contribution in [0.4, 0.5) is 11.4 Å². The Morgan fingerprint density at radius 1 is 0.883 bits per heavy atom. The summed E-state index contributed by atoms with van der Waals surface area (Å²) in [5, 5.41) is 5.65. The molecule has 0 saturated carbocycles. The Bertz CT molecular complexity index is 2070. The van der Waals surface area contributed by atoms with Crippen LogP contribution in [0, 0.1) is 11.8 Å². The lowest BCUT2D eigenvalue weighted by Crippen LogP contribution is -2.53. The van der Waals surface area contributed by atoms with E-state index in [4.69, 9.17) is 28.7 Å². The summed E-state index contributed by atoms with van der Waals surface area (Å²) in [4.78, 5) is 62.3. The maximum Gasteiger partial charge on any atom is 0.329 e. The van der Waals surface area contributed by atoms with Gasteiger partial charge in [-0.05, 0) is 82.4 Å². The Balaban J connectivity index is 1.63.